The summed E-state index contributed by atoms with van der Waals surface area (Å²) in [6, 6.07) is 9.25. The van der Waals surface area contributed by atoms with Crippen LogP contribution < -0.4 is 5.32 Å². The highest BCUT2D eigenvalue weighted by Crippen LogP contribution is 2.21. The topological polar surface area (TPSA) is 69.0 Å². The number of nitrogens with zero attached hydrogens (tertiary/aromatic N) is 3. The Hall–Kier alpha value is -2.23. The van der Waals surface area contributed by atoms with Gasteiger partial charge in [0.25, 0.3) is 0 Å². The van der Waals surface area contributed by atoms with Crippen LogP contribution in [0.4, 0.5) is 5.13 Å². The summed E-state index contributed by atoms with van der Waals surface area (Å²) in [5.41, 5.74) is 2.58. The largest absolute Gasteiger partial charge is 0.301 e. The molecule has 0 unspecified atom stereocenters. The molecule has 1 atom stereocenters. The van der Waals surface area contributed by atoms with Crippen molar-refractivity contribution in [2.24, 2.45) is 0 Å². The number of likely N-dealkylation sites (N-methyl/N-ethyl adjacent to an activating group) is 1. The lowest BCUT2D eigenvalue weighted by atomic mass is 10.1. The van der Waals surface area contributed by atoms with Crippen LogP contribution in [0.15, 0.2) is 24.3 Å². The van der Waals surface area contributed by atoms with Gasteiger partial charge in [0.1, 0.15) is 0 Å². The van der Waals surface area contributed by atoms with Crippen LogP contribution >= 0.6 is 11.3 Å². The van der Waals surface area contributed by atoms with Gasteiger partial charge in [-0.2, -0.15) is 5.26 Å². The minimum Gasteiger partial charge on any atom is -0.301 e. The van der Waals surface area contributed by atoms with Gasteiger partial charge in [0.2, 0.25) is 5.91 Å². The number of hydrogen-bond acceptors (Lipinski definition) is 5. The molecule has 1 heterocycles. The van der Waals surface area contributed by atoms with Crippen molar-refractivity contribution in [2.45, 2.75) is 33.4 Å². The van der Waals surface area contributed by atoms with E-state index < -0.39 is 0 Å². The van der Waals surface area contributed by atoms with E-state index in [0.717, 1.165) is 16.1 Å². The summed E-state index contributed by atoms with van der Waals surface area (Å²) < 4.78 is 0. The molecule has 0 fully saturated rings. The van der Waals surface area contributed by atoms with E-state index in [1.807, 2.05) is 50.9 Å². The first-order valence-corrected chi connectivity index (χ1v) is 8.16. The van der Waals surface area contributed by atoms with Crippen molar-refractivity contribution in [2.75, 3.05) is 12.4 Å². The fourth-order valence-corrected chi connectivity index (χ4v) is 2.92. The Labute approximate surface area is 140 Å². The first kappa shape index (κ1) is 17.1. The summed E-state index contributed by atoms with van der Waals surface area (Å²) in [6.07, 6.45) is 0. The SMILES string of the molecule is Cc1nc(NC(=O)[C@@H](C)N(C)Cc2cccc(C#N)c2)sc1C. The molecular formula is C17H20N4OS. The number of thiazole rings is 1. The van der Waals surface area contributed by atoms with Crippen molar-refractivity contribution in [3.8, 4) is 6.07 Å². The molecule has 0 radical (unpaired) electrons. The molecule has 1 N–H and O–H groups in total. The van der Waals surface area contributed by atoms with Gasteiger partial charge in [-0.05, 0) is 45.5 Å². The van der Waals surface area contributed by atoms with E-state index in [1.165, 1.54) is 11.3 Å². The van der Waals surface area contributed by atoms with Crippen LogP contribution in [0.25, 0.3) is 0 Å². The van der Waals surface area contributed by atoms with E-state index in [-0.39, 0.29) is 11.9 Å². The molecule has 0 bridgehead atoms. The van der Waals surface area contributed by atoms with Crippen LogP contribution in [0.5, 0.6) is 0 Å². The number of amides is 1. The van der Waals surface area contributed by atoms with E-state index >= 15 is 0 Å². The van der Waals surface area contributed by atoms with Crippen LogP contribution in [-0.4, -0.2) is 28.9 Å². The minimum absolute atomic E-state index is 0.0855. The molecule has 0 aliphatic carbocycles. The number of aromatic nitrogens is 1. The summed E-state index contributed by atoms with van der Waals surface area (Å²) in [5.74, 6) is -0.0855. The smallest absolute Gasteiger partial charge is 0.243 e. The number of carbonyl (C=O) groups excluding carboxylic acids is 1. The van der Waals surface area contributed by atoms with Gasteiger partial charge in [0.15, 0.2) is 5.13 Å². The number of rotatable bonds is 5. The number of aryl methyl sites for hydroxylation is 2. The average molecular weight is 328 g/mol. The predicted octanol–water partition coefficient (Wildman–Crippen LogP) is 3.09. The minimum atomic E-state index is -0.301. The first-order valence-electron chi connectivity index (χ1n) is 7.35. The number of benzene rings is 1. The highest BCUT2D eigenvalue weighted by molar-refractivity contribution is 7.15. The molecular weight excluding hydrogens is 308 g/mol. The van der Waals surface area contributed by atoms with Crippen LogP contribution in [0.1, 0.15) is 28.6 Å². The molecule has 0 saturated heterocycles. The number of hydrogen-bond donors (Lipinski definition) is 1. The third kappa shape index (κ3) is 4.38. The maximum Gasteiger partial charge on any atom is 0.243 e. The average Bonchev–Trinajstić information content (AvgIpc) is 2.84. The summed E-state index contributed by atoms with van der Waals surface area (Å²) >= 11 is 1.48. The van der Waals surface area contributed by atoms with Crippen molar-refractivity contribution in [1.82, 2.24) is 9.88 Å². The molecule has 0 spiro atoms. The van der Waals surface area contributed by atoms with E-state index in [4.69, 9.17) is 5.26 Å². The Morgan fingerprint density at radius 2 is 2.22 bits per heavy atom. The Bertz CT molecular complexity index is 728. The molecule has 1 amide bonds. The summed E-state index contributed by atoms with van der Waals surface area (Å²) in [6.45, 7) is 6.37. The number of anilines is 1. The standard InChI is InChI=1S/C17H20N4OS/c1-11-13(3)23-17(19-11)20-16(22)12(2)21(4)10-15-7-5-6-14(8-15)9-18/h5-8,12H,10H2,1-4H3,(H,19,20,22)/t12-/m1/s1. The normalized spacial score (nSPS) is 12.0. The van der Waals surface area contributed by atoms with Crippen LogP contribution in [0, 0.1) is 25.2 Å². The van der Waals surface area contributed by atoms with Gasteiger partial charge in [-0.3, -0.25) is 9.69 Å². The van der Waals surface area contributed by atoms with Gasteiger partial charge in [-0.25, -0.2) is 4.98 Å². The van der Waals surface area contributed by atoms with E-state index in [0.29, 0.717) is 17.2 Å². The molecule has 120 valence electrons. The van der Waals surface area contributed by atoms with E-state index in [9.17, 15) is 4.79 Å². The fourth-order valence-electron chi connectivity index (χ4n) is 2.10. The lowest BCUT2D eigenvalue weighted by Crippen LogP contribution is -2.39. The van der Waals surface area contributed by atoms with Crippen molar-refractivity contribution in [3.63, 3.8) is 0 Å². The Morgan fingerprint density at radius 1 is 1.48 bits per heavy atom. The zero-order valence-corrected chi connectivity index (χ0v) is 14.6. The molecule has 0 aliphatic heterocycles. The summed E-state index contributed by atoms with van der Waals surface area (Å²) in [5, 5.41) is 12.5. The van der Waals surface area contributed by atoms with Gasteiger partial charge in [0.05, 0.1) is 23.4 Å². The quantitative estimate of drug-likeness (QED) is 0.916. The monoisotopic (exact) mass is 328 g/mol. The second kappa shape index (κ2) is 7.36. The molecule has 2 rings (SSSR count). The molecule has 5 nitrogen and oxygen atoms in total. The number of nitriles is 1. The number of carbonyl (C=O) groups is 1. The Kier molecular flexibility index (Phi) is 5.48. The van der Waals surface area contributed by atoms with E-state index in [1.54, 1.807) is 6.07 Å². The molecule has 23 heavy (non-hydrogen) atoms. The third-order valence-corrected chi connectivity index (χ3v) is 4.78. The fraction of sp³-hybridized carbons (Fsp3) is 0.353. The second-order valence-electron chi connectivity index (χ2n) is 5.55. The highest BCUT2D eigenvalue weighted by atomic mass is 32.1. The molecule has 1 aromatic carbocycles. The zero-order chi connectivity index (χ0) is 17.0. The lowest BCUT2D eigenvalue weighted by molar-refractivity contribution is -0.120. The molecule has 0 aliphatic rings. The summed E-state index contributed by atoms with van der Waals surface area (Å²) in [4.78, 5) is 19.7. The second-order valence-corrected chi connectivity index (χ2v) is 6.76. The summed E-state index contributed by atoms with van der Waals surface area (Å²) in [7, 11) is 1.89. The molecule has 0 saturated carbocycles. The van der Waals surface area contributed by atoms with Gasteiger partial charge < -0.3 is 5.32 Å². The van der Waals surface area contributed by atoms with E-state index in [2.05, 4.69) is 16.4 Å². The van der Waals surface area contributed by atoms with Gasteiger partial charge in [-0.1, -0.05) is 12.1 Å². The van der Waals surface area contributed by atoms with Crippen LogP contribution in [0.3, 0.4) is 0 Å². The van der Waals surface area contributed by atoms with Gasteiger partial charge in [-0.15, -0.1) is 11.3 Å². The Morgan fingerprint density at radius 3 is 2.83 bits per heavy atom. The molecule has 2 aromatic rings. The third-order valence-electron chi connectivity index (χ3n) is 3.79. The first-order chi connectivity index (χ1) is 10.9. The maximum atomic E-state index is 12.3. The Balaban J connectivity index is 1.99. The van der Waals surface area contributed by atoms with Crippen molar-refractivity contribution in [3.05, 3.63) is 46.0 Å². The lowest BCUT2D eigenvalue weighted by Gasteiger charge is -2.23. The maximum absolute atomic E-state index is 12.3. The van der Waals surface area contributed by atoms with Gasteiger partial charge >= 0.3 is 0 Å². The van der Waals surface area contributed by atoms with Crippen LogP contribution in [0.2, 0.25) is 0 Å². The number of nitrogens with one attached hydrogen (secondary N) is 1. The van der Waals surface area contributed by atoms with Crippen molar-refractivity contribution in [1.29, 1.82) is 5.26 Å². The van der Waals surface area contributed by atoms with Gasteiger partial charge in [0, 0.05) is 11.4 Å². The zero-order valence-electron chi connectivity index (χ0n) is 13.8. The van der Waals surface area contributed by atoms with Crippen molar-refractivity contribution >= 4 is 22.4 Å². The predicted molar refractivity (Wildman–Crippen MR) is 92.3 cm³/mol. The molecule has 1 aromatic heterocycles. The van der Waals surface area contributed by atoms with Crippen LogP contribution in [-0.2, 0) is 11.3 Å². The highest BCUT2D eigenvalue weighted by Gasteiger charge is 2.19. The molecule has 6 heteroatoms. The van der Waals surface area contributed by atoms with Crippen molar-refractivity contribution < 1.29 is 4.79 Å².